The molecule has 0 saturated heterocycles. The van der Waals surface area contributed by atoms with E-state index in [2.05, 4.69) is 16.4 Å². The van der Waals surface area contributed by atoms with E-state index in [1.54, 1.807) is 0 Å². The number of nitrogens with two attached hydrogens (primary N) is 1. The van der Waals surface area contributed by atoms with Gasteiger partial charge >= 0.3 is 0 Å². The topological polar surface area (TPSA) is 72.4 Å². The van der Waals surface area contributed by atoms with Gasteiger partial charge in [0, 0.05) is 17.6 Å². The van der Waals surface area contributed by atoms with Crippen molar-refractivity contribution in [1.29, 1.82) is 0 Å². The van der Waals surface area contributed by atoms with Crippen molar-refractivity contribution in [3.05, 3.63) is 70.7 Å². The molecule has 3 aromatic rings. The van der Waals surface area contributed by atoms with E-state index in [0.29, 0.717) is 11.2 Å². The van der Waals surface area contributed by atoms with Crippen molar-refractivity contribution in [2.45, 2.75) is 32.4 Å². The van der Waals surface area contributed by atoms with E-state index in [1.165, 1.54) is 5.56 Å². The molecule has 1 aliphatic carbocycles. The van der Waals surface area contributed by atoms with E-state index < -0.39 is 0 Å². The van der Waals surface area contributed by atoms with Crippen molar-refractivity contribution in [1.82, 2.24) is 14.7 Å². The number of amides is 1. The maximum Gasteiger partial charge on any atom is 0.255 e. The third-order valence-corrected chi connectivity index (χ3v) is 4.79. The summed E-state index contributed by atoms with van der Waals surface area (Å²) in [6.45, 7) is 3.94. The number of carbonyl (C=O) groups is 1. The molecule has 1 aliphatic rings. The number of aryl methyl sites for hydroxylation is 2. The van der Waals surface area contributed by atoms with Gasteiger partial charge in [-0.3, -0.25) is 4.79 Å². The molecule has 4 rings (SSSR count). The average molecular weight is 320 g/mol. The molecule has 3 N–H and O–H groups in total. The van der Waals surface area contributed by atoms with Crippen LogP contribution in [0.25, 0.3) is 5.65 Å². The van der Waals surface area contributed by atoms with Crippen molar-refractivity contribution < 1.29 is 4.79 Å². The van der Waals surface area contributed by atoms with Gasteiger partial charge in [0.25, 0.3) is 5.91 Å². The summed E-state index contributed by atoms with van der Waals surface area (Å²) in [5.41, 5.74) is 11.9. The first-order valence-electron chi connectivity index (χ1n) is 8.14. The standard InChI is InChI=1S/C19H20N4O/c1-11-9-12(2)23-8-7-15(18(23)21-11)19(24)22-16-10-13-5-3-4-6-14(13)17(16)20/h3-9,16-17H,10,20H2,1-2H3,(H,22,24)/t16-,17-/m1/s1. The van der Waals surface area contributed by atoms with Crippen LogP contribution in [0.4, 0.5) is 0 Å². The first-order chi connectivity index (χ1) is 11.5. The Kier molecular flexibility index (Phi) is 3.39. The Morgan fingerprint density at radius 2 is 2.08 bits per heavy atom. The Labute approximate surface area is 140 Å². The summed E-state index contributed by atoms with van der Waals surface area (Å²) in [7, 11) is 0. The zero-order valence-corrected chi connectivity index (χ0v) is 13.8. The number of nitrogens with zero attached hydrogens (tertiary/aromatic N) is 2. The highest BCUT2D eigenvalue weighted by atomic mass is 16.1. The zero-order valence-electron chi connectivity index (χ0n) is 13.8. The van der Waals surface area contributed by atoms with Gasteiger partial charge in [-0.1, -0.05) is 24.3 Å². The van der Waals surface area contributed by atoms with E-state index in [9.17, 15) is 4.79 Å². The molecule has 0 radical (unpaired) electrons. The van der Waals surface area contributed by atoms with E-state index in [1.807, 2.05) is 54.8 Å². The Balaban J connectivity index is 1.62. The third kappa shape index (κ3) is 2.29. The zero-order chi connectivity index (χ0) is 16.8. The number of benzene rings is 1. The van der Waals surface area contributed by atoms with Crippen LogP contribution < -0.4 is 11.1 Å². The smallest absolute Gasteiger partial charge is 0.255 e. The van der Waals surface area contributed by atoms with Gasteiger partial charge in [-0.25, -0.2) is 4.98 Å². The summed E-state index contributed by atoms with van der Waals surface area (Å²) < 4.78 is 1.94. The van der Waals surface area contributed by atoms with Crippen LogP contribution in [-0.4, -0.2) is 21.3 Å². The van der Waals surface area contributed by atoms with E-state index in [4.69, 9.17) is 5.73 Å². The summed E-state index contributed by atoms with van der Waals surface area (Å²) >= 11 is 0. The summed E-state index contributed by atoms with van der Waals surface area (Å²) in [5, 5.41) is 3.09. The van der Waals surface area contributed by atoms with Gasteiger partial charge in [0.15, 0.2) is 0 Å². The molecule has 5 heteroatoms. The van der Waals surface area contributed by atoms with Crippen molar-refractivity contribution in [3.8, 4) is 0 Å². The molecule has 24 heavy (non-hydrogen) atoms. The summed E-state index contributed by atoms with van der Waals surface area (Å²) in [4.78, 5) is 17.3. The average Bonchev–Trinajstić information content (AvgIpc) is 3.10. The Morgan fingerprint density at radius 1 is 1.29 bits per heavy atom. The van der Waals surface area contributed by atoms with Gasteiger partial charge in [-0.05, 0) is 43.5 Å². The lowest BCUT2D eigenvalue weighted by Crippen LogP contribution is -2.40. The minimum Gasteiger partial charge on any atom is -0.347 e. The van der Waals surface area contributed by atoms with E-state index >= 15 is 0 Å². The molecule has 1 amide bonds. The quantitative estimate of drug-likeness (QED) is 0.761. The lowest BCUT2D eigenvalue weighted by Gasteiger charge is -2.17. The fraction of sp³-hybridized carbons (Fsp3) is 0.263. The highest BCUT2D eigenvalue weighted by molar-refractivity contribution is 6.00. The van der Waals surface area contributed by atoms with E-state index in [-0.39, 0.29) is 18.0 Å². The SMILES string of the molecule is Cc1cc(C)n2ccc(C(=O)N[C@@H]3Cc4ccccc4[C@H]3N)c2n1. The lowest BCUT2D eigenvalue weighted by molar-refractivity contribution is 0.0935. The Morgan fingerprint density at radius 3 is 2.88 bits per heavy atom. The summed E-state index contributed by atoms with van der Waals surface area (Å²) in [5.74, 6) is -0.122. The minimum atomic E-state index is -0.171. The number of nitrogens with one attached hydrogen (secondary N) is 1. The maximum atomic E-state index is 12.8. The van der Waals surface area contributed by atoms with Crippen LogP contribution in [0.1, 0.15) is 38.9 Å². The Bertz CT molecular complexity index is 944. The molecule has 5 nitrogen and oxygen atoms in total. The van der Waals surface area contributed by atoms with Gasteiger partial charge in [0.2, 0.25) is 0 Å². The second-order valence-electron chi connectivity index (χ2n) is 6.47. The first-order valence-corrected chi connectivity index (χ1v) is 8.14. The van der Waals surface area contributed by atoms with Crippen LogP contribution in [0.5, 0.6) is 0 Å². The monoisotopic (exact) mass is 320 g/mol. The number of hydrogen-bond acceptors (Lipinski definition) is 3. The van der Waals surface area contributed by atoms with Gasteiger partial charge in [-0.2, -0.15) is 0 Å². The fourth-order valence-corrected chi connectivity index (χ4v) is 3.58. The third-order valence-electron chi connectivity index (χ3n) is 4.79. The van der Waals surface area contributed by atoms with Gasteiger partial charge in [0.1, 0.15) is 5.65 Å². The number of carbonyl (C=O) groups excluding carboxylic acids is 1. The van der Waals surface area contributed by atoms with Crippen LogP contribution in [0.15, 0.2) is 42.6 Å². The molecule has 2 atom stereocenters. The molecule has 0 saturated carbocycles. The number of hydrogen-bond donors (Lipinski definition) is 2. The van der Waals surface area contributed by atoms with E-state index in [0.717, 1.165) is 23.4 Å². The van der Waals surface area contributed by atoms with Gasteiger partial charge in [0.05, 0.1) is 17.6 Å². The van der Waals surface area contributed by atoms with Crippen molar-refractivity contribution >= 4 is 11.6 Å². The molecular formula is C19H20N4O. The summed E-state index contributed by atoms with van der Waals surface area (Å²) in [6, 6.07) is 11.7. The molecular weight excluding hydrogens is 300 g/mol. The molecule has 2 heterocycles. The predicted octanol–water partition coefficient (Wildman–Crippen LogP) is 2.31. The number of rotatable bonds is 2. The second-order valence-corrected chi connectivity index (χ2v) is 6.47. The van der Waals surface area contributed by atoms with Crippen LogP contribution in [0.3, 0.4) is 0 Å². The molecule has 2 aromatic heterocycles. The molecule has 0 bridgehead atoms. The Hall–Kier alpha value is -2.66. The second kappa shape index (κ2) is 5.46. The van der Waals surface area contributed by atoms with Gasteiger partial charge < -0.3 is 15.5 Å². The van der Waals surface area contributed by atoms with Crippen molar-refractivity contribution in [2.75, 3.05) is 0 Å². The van der Waals surface area contributed by atoms with Crippen molar-refractivity contribution in [2.24, 2.45) is 5.73 Å². The highest BCUT2D eigenvalue weighted by Crippen LogP contribution is 2.29. The molecule has 0 fully saturated rings. The summed E-state index contributed by atoms with van der Waals surface area (Å²) in [6.07, 6.45) is 2.65. The molecule has 0 spiro atoms. The molecule has 1 aromatic carbocycles. The minimum absolute atomic E-state index is 0.0873. The van der Waals surface area contributed by atoms with Crippen LogP contribution in [0, 0.1) is 13.8 Å². The van der Waals surface area contributed by atoms with Crippen LogP contribution in [-0.2, 0) is 6.42 Å². The largest absolute Gasteiger partial charge is 0.347 e. The normalized spacial score (nSPS) is 19.5. The van der Waals surface area contributed by atoms with Crippen molar-refractivity contribution in [3.63, 3.8) is 0 Å². The molecule has 0 unspecified atom stereocenters. The molecule has 0 aliphatic heterocycles. The predicted molar refractivity (Wildman–Crippen MR) is 93.0 cm³/mol. The van der Waals surface area contributed by atoms with Crippen LogP contribution in [0.2, 0.25) is 0 Å². The maximum absolute atomic E-state index is 12.8. The lowest BCUT2D eigenvalue weighted by atomic mass is 10.1. The van der Waals surface area contributed by atoms with Gasteiger partial charge in [-0.15, -0.1) is 0 Å². The number of aromatic nitrogens is 2. The first kappa shape index (κ1) is 14.9. The highest BCUT2D eigenvalue weighted by Gasteiger charge is 2.31. The number of fused-ring (bicyclic) bond motifs is 2. The molecule has 122 valence electrons. The van der Waals surface area contributed by atoms with Crippen LogP contribution >= 0.6 is 0 Å². The fourth-order valence-electron chi connectivity index (χ4n) is 3.58.